The Morgan fingerprint density at radius 2 is 2.36 bits per heavy atom. The van der Waals surface area contributed by atoms with E-state index >= 15 is 0 Å². The summed E-state index contributed by atoms with van der Waals surface area (Å²) in [4.78, 5) is 10.3. The van der Waals surface area contributed by atoms with Gasteiger partial charge in [-0.05, 0) is 18.8 Å². The monoisotopic (exact) mass is 179 g/mol. The zero-order chi connectivity index (χ0) is 7.78. The van der Waals surface area contributed by atoms with Crippen LogP contribution in [0, 0.1) is 5.92 Å². The van der Waals surface area contributed by atoms with Crippen molar-refractivity contribution in [3.63, 3.8) is 0 Å². The van der Waals surface area contributed by atoms with Crippen molar-refractivity contribution in [3.8, 4) is 0 Å². The normalized spacial score (nSPS) is 35.3. The van der Waals surface area contributed by atoms with E-state index in [1.807, 2.05) is 6.92 Å². The van der Waals surface area contributed by atoms with Crippen molar-refractivity contribution in [3.05, 3.63) is 0 Å². The Morgan fingerprint density at radius 3 is 2.45 bits per heavy atom. The van der Waals surface area contributed by atoms with Gasteiger partial charge in [-0.15, -0.1) is 12.4 Å². The smallest absolute Gasteiger partial charge is 0.305 e. The number of hydrogen-bond donors (Lipinski definition) is 2. The highest BCUT2D eigenvalue weighted by Gasteiger charge is 2.41. The van der Waals surface area contributed by atoms with Crippen LogP contribution in [0.4, 0.5) is 0 Å². The SMILES string of the molecule is CC1CCC1(N)CC(=O)O.Cl. The number of halogens is 1. The van der Waals surface area contributed by atoms with Crippen molar-refractivity contribution in [2.24, 2.45) is 11.7 Å². The lowest BCUT2D eigenvalue weighted by atomic mass is 9.66. The highest BCUT2D eigenvalue weighted by molar-refractivity contribution is 5.85. The summed E-state index contributed by atoms with van der Waals surface area (Å²) in [5, 5.41) is 8.45. The minimum Gasteiger partial charge on any atom is -0.481 e. The number of carbonyl (C=O) groups is 1. The second-order valence-corrected chi connectivity index (χ2v) is 3.24. The number of carboxylic acids is 1. The highest BCUT2D eigenvalue weighted by atomic mass is 35.5. The van der Waals surface area contributed by atoms with Crippen LogP contribution in [0.1, 0.15) is 26.2 Å². The Hall–Kier alpha value is -0.280. The van der Waals surface area contributed by atoms with Crippen LogP contribution in [0.5, 0.6) is 0 Å². The third-order valence-electron chi connectivity index (χ3n) is 2.50. The van der Waals surface area contributed by atoms with Crippen LogP contribution < -0.4 is 5.73 Å². The first kappa shape index (κ1) is 10.7. The Bertz CT molecular complexity index is 163. The molecule has 0 spiro atoms. The first-order valence-electron chi connectivity index (χ1n) is 3.55. The predicted molar refractivity (Wildman–Crippen MR) is 44.8 cm³/mol. The van der Waals surface area contributed by atoms with E-state index in [0.717, 1.165) is 12.8 Å². The summed E-state index contributed by atoms with van der Waals surface area (Å²) >= 11 is 0. The van der Waals surface area contributed by atoms with E-state index in [1.54, 1.807) is 0 Å². The summed E-state index contributed by atoms with van der Waals surface area (Å²) in [5.41, 5.74) is 5.37. The maximum absolute atomic E-state index is 10.3. The van der Waals surface area contributed by atoms with Crippen LogP contribution in [0.3, 0.4) is 0 Å². The second kappa shape index (κ2) is 3.41. The summed E-state index contributed by atoms with van der Waals surface area (Å²) in [5.74, 6) is -0.405. The largest absolute Gasteiger partial charge is 0.481 e. The van der Waals surface area contributed by atoms with Crippen molar-refractivity contribution in [2.45, 2.75) is 31.7 Å². The molecule has 66 valence electrons. The van der Waals surface area contributed by atoms with Gasteiger partial charge in [0.05, 0.1) is 6.42 Å². The lowest BCUT2D eigenvalue weighted by Crippen LogP contribution is -2.54. The summed E-state index contributed by atoms with van der Waals surface area (Å²) in [7, 11) is 0. The number of carboxylic acid groups (broad SMARTS) is 1. The zero-order valence-electron chi connectivity index (χ0n) is 6.54. The average molecular weight is 180 g/mol. The van der Waals surface area contributed by atoms with Crippen LogP contribution in [0.25, 0.3) is 0 Å². The molecule has 1 saturated carbocycles. The lowest BCUT2D eigenvalue weighted by Gasteiger charge is -2.44. The van der Waals surface area contributed by atoms with Gasteiger partial charge in [-0.2, -0.15) is 0 Å². The first-order chi connectivity index (χ1) is 4.54. The molecular formula is C7H14ClNO2. The molecule has 4 heteroatoms. The summed E-state index contributed by atoms with van der Waals surface area (Å²) in [6, 6.07) is 0. The maximum Gasteiger partial charge on any atom is 0.305 e. The van der Waals surface area contributed by atoms with Crippen LogP contribution in [-0.2, 0) is 4.79 Å². The Labute approximate surface area is 72.4 Å². The minimum atomic E-state index is -0.783. The van der Waals surface area contributed by atoms with Crippen LogP contribution >= 0.6 is 12.4 Å². The molecule has 0 amide bonds. The predicted octanol–water partition coefficient (Wildman–Crippen LogP) is 1.01. The molecule has 0 bridgehead atoms. The van der Waals surface area contributed by atoms with Crippen molar-refractivity contribution in [1.82, 2.24) is 0 Å². The summed E-state index contributed by atoms with van der Waals surface area (Å²) < 4.78 is 0. The van der Waals surface area contributed by atoms with Gasteiger partial charge in [0, 0.05) is 5.54 Å². The molecule has 1 fully saturated rings. The molecule has 1 rings (SSSR count). The van der Waals surface area contributed by atoms with Crippen molar-refractivity contribution in [1.29, 1.82) is 0 Å². The second-order valence-electron chi connectivity index (χ2n) is 3.24. The van der Waals surface area contributed by atoms with E-state index in [9.17, 15) is 4.79 Å². The van der Waals surface area contributed by atoms with Crippen molar-refractivity contribution >= 4 is 18.4 Å². The van der Waals surface area contributed by atoms with Gasteiger partial charge in [-0.1, -0.05) is 6.92 Å². The standard InChI is InChI=1S/C7H13NO2.ClH/c1-5-2-3-7(5,8)4-6(9)10;/h5H,2-4,8H2,1H3,(H,9,10);1H. The van der Waals surface area contributed by atoms with Crippen LogP contribution in [0.15, 0.2) is 0 Å². The van der Waals surface area contributed by atoms with Crippen LogP contribution in [0.2, 0.25) is 0 Å². The quantitative estimate of drug-likeness (QED) is 0.665. The van der Waals surface area contributed by atoms with Crippen molar-refractivity contribution in [2.75, 3.05) is 0 Å². The Morgan fingerprint density at radius 1 is 1.82 bits per heavy atom. The van der Waals surface area contributed by atoms with E-state index in [-0.39, 0.29) is 18.8 Å². The van der Waals surface area contributed by atoms with E-state index in [0.29, 0.717) is 5.92 Å². The van der Waals surface area contributed by atoms with Crippen molar-refractivity contribution < 1.29 is 9.90 Å². The number of rotatable bonds is 2. The number of aliphatic carboxylic acids is 1. The molecule has 2 atom stereocenters. The molecule has 0 radical (unpaired) electrons. The van der Waals surface area contributed by atoms with Gasteiger partial charge in [0.25, 0.3) is 0 Å². The van der Waals surface area contributed by atoms with E-state index in [4.69, 9.17) is 10.8 Å². The lowest BCUT2D eigenvalue weighted by molar-refractivity contribution is -0.140. The van der Waals surface area contributed by atoms with E-state index in [1.165, 1.54) is 0 Å². The molecule has 1 aliphatic carbocycles. The molecule has 0 heterocycles. The molecule has 11 heavy (non-hydrogen) atoms. The fraction of sp³-hybridized carbons (Fsp3) is 0.857. The van der Waals surface area contributed by atoms with Gasteiger partial charge in [0.2, 0.25) is 0 Å². The molecule has 3 nitrogen and oxygen atoms in total. The molecule has 0 saturated heterocycles. The molecule has 0 aromatic carbocycles. The zero-order valence-corrected chi connectivity index (χ0v) is 7.36. The summed E-state index contributed by atoms with van der Waals surface area (Å²) in [6.45, 7) is 2.01. The van der Waals surface area contributed by atoms with Gasteiger partial charge < -0.3 is 10.8 Å². The van der Waals surface area contributed by atoms with Gasteiger partial charge in [-0.25, -0.2) is 0 Å². The Kier molecular flexibility index (Phi) is 3.32. The van der Waals surface area contributed by atoms with E-state index in [2.05, 4.69) is 0 Å². The minimum absolute atomic E-state index is 0. The topological polar surface area (TPSA) is 63.3 Å². The molecule has 3 N–H and O–H groups in total. The molecule has 1 aliphatic rings. The fourth-order valence-corrected chi connectivity index (χ4v) is 1.35. The summed E-state index contributed by atoms with van der Waals surface area (Å²) in [6.07, 6.45) is 2.05. The molecular weight excluding hydrogens is 166 g/mol. The maximum atomic E-state index is 10.3. The van der Waals surface area contributed by atoms with E-state index < -0.39 is 11.5 Å². The third-order valence-corrected chi connectivity index (χ3v) is 2.50. The third kappa shape index (κ3) is 2.07. The molecule has 2 unspecified atom stereocenters. The molecule has 0 aromatic heterocycles. The molecule has 0 aliphatic heterocycles. The van der Waals surface area contributed by atoms with Gasteiger partial charge in [0.1, 0.15) is 0 Å². The Balaban J connectivity index is 0.000001000. The van der Waals surface area contributed by atoms with Gasteiger partial charge in [0.15, 0.2) is 0 Å². The van der Waals surface area contributed by atoms with Gasteiger partial charge >= 0.3 is 5.97 Å². The number of nitrogens with two attached hydrogens (primary N) is 1. The van der Waals surface area contributed by atoms with Gasteiger partial charge in [-0.3, -0.25) is 4.79 Å². The first-order valence-corrected chi connectivity index (χ1v) is 3.55. The van der Waals surface area contributed by atoms with Crippen LogP contribution in [-0.4, -0.2) is 16.6 Å². The average Bonchev–Trinajstić information content (AvgIpc) is 1.84. The molecule has 0 aromatic rings. The number of hydrogen-bond acceptors (Lipinski definition) is 2. The highest BCUT2D eigenvalue weighted by Crippen LogP contribution is 2.38. The fourth-order valence-electron chi connectivity index (χ4n) is 1.35.